The molecule has 1 aliphatic rings. The van der Waals surface area contributed by atoms with Crippen molar-refractivity contribution in [2.45, 2.75) is 31.7 Å². The van der Waals surface area contributed by atoms with Gasteiger partial charge >= 0.3 is 0 Å². The molecule has 3 rings (SSSR count). The first kappa shape index (κ1) is 11.1. The molecule has 1 fully saturated rings. The number of rotatable bonds is 3. The van der Waals surface area contributed by atoms with Crippen molar-refractivity contribution < 1.29 is 8.78 Å². The second kappa shape index (κ2) is 4.05. The van der Waals surface area contributed by atoms with Gasteiger partial charge in [0.25, 0.3) is 0 Å². The smallest absolute Gasteiger partial charge is 0.161 e. The SMILES string of the molecule is N#CCCn1c(C2CC2)nc2cc(F)c(F)cc21. The lowest BCUT2D eigenvalue weighted by molar-refractivity contribution is 0.510. The number of nitrogens with zero attached hydrogens (tertiary/aromatic N) is 3. The summed E-state index contributed by atoms with van der Waals surface area (Å²) in [7, 11) is 0. The highest BCUT2D eigenvalue weighted by Crippen LogP contribution is 2.40. The van der Waals surface area contributed by atoms with E-state index in [-0.39, 0.29) is 0 Å². The summed E-state index contributed by atoms with van der Waals surface area (Å²) in [6, 6.07) is 4.36. The topological polar surface area (TPSA) is 41.6 Å². The number of halogens is 2. The standard InChI is InChI=1S/C13H11F2N3/c14-9-6-11-12(7-10(9)15)18(5-1-4-16)13(17-11)8-2-3-8/h6-8H,1-3,5H2. The number of aromatic nitrogens is 2. The third kappa shape index (κ3) is 1.74. The van der Waals surface area contributed by atoms with Crippen molar-refractivity contribution >= 4 is 11.0 Å². The molecule has 0 aliphatic heterocycles. The van der Waals surface area contributed by atoms with Crippen LogP contribution in [0.5, 0.6) is 0 Å². The Morgan fingerprint density at radius 1 is 1.33 bits per heavy atom. The van der Waals surface area contributed by atoms with Crippen molar-refractivity contribution in [1.82, 2.24) is 9.55 Å². The maximum Gasteiger partial charge on any atom is 0.161 e. The van der Waals surface area contributed by atoms with E-state index in [4.69, 9.17) is 5.26 Å². The van der Waals surface area contributed by atoms with Gasteiger partial charge in [0.1, 0.15) is 5.82 Å². The van der Waals surface area contributed by atoms with Crippen molar-refractivity contribution in [2.24, 2.45) is 0 Å². The molecule has 1 aromatic heterocycles. The molecule has 1 aliphatic carbocycles. The molecule has 92 valence electrons. The molecule has 0 saturated heterocycles. The Bertz CT molecular complexity index is 650. The minimum Gasteiger partial charge on any atom is -0.327 e. The largest absolute Gasteiger partial charge is 0.327 e. The maximum absolute atomic E-state index is 13.3. The van der Waals surface area contributed by atoms with Crippen LogP contribution < -0.4 is 0 Å². The van der Waals surface area contributed by atoms with Gasteiger partial charge in [-0.05, 0) is 12.8 Å². The van der Waals surface area contributed by atoms with Gasteiger partial charge in [0.15, 0.2) is 11.6 Å². The van der Waals surface area contributed by atoms with Crippen molar-refractivity contribution in [3.05, 3.63) is 29.6 Å². The van der Waals surface area contributed by atoms with Crippen LogP contribution in [-0.4, -0.2) is 9.55 Å². The van der Waals surface area contributed by atoms with E-state index in [1.165, 1.54) is 6.07 Å². The van der Waals surface area contributed by atoms with Gasteiger partial charge in [-0.25, -0.2) is 13.8 Å². The number of benzene rings is 1. The average molecular weight is 247 g/mol. The lowest BCUT2D eigenvalue weighted by atomic mass is 10.3. The zero-order valence-corrected chi connectivity index (χ0v) is 9.66. The van der Waals surface area contributed by atoms with Gasteiger partial charge in [0.05, 0.1) is 23.5 Å². The summed E-state index contributed by atoms with van der Waals surface area (Å²) in [6.45, 7) is 0.476. The molecule has 2 aromatic rings. The highest BCUT2D eigenvalue weighted by molar-refractivity contribution is 5.76. The molecule has 0 N–H and O–H groups in total. The molecule has 0 atom stereocenters. The number of hydrogen-bond acceptors (Lipinski definition) is 2. The summed E-state index contributed by atoms with van der Waals surface area (Å²) in [5, 5.41) is 8.66. The number of aryl methyl sites for hydroxylation is 1. The van der Waals surface area contributed by atoms with Gasteiger partial charge in [-0.2, -0.15) is 5.26 Å². The van der Waals surface area contributed by atoms with Crippen LogP contribution in [0.25, 0.3) is 11.0 Å². The second-order valence-corrected chi connectivity index (χ2v) is 4.56. The number of hydrogen-bond donors (Lipinski definition) is 0. The van der Waals surface area contributed by atoms with E-state index in [1.807, 2.05) is 4.57 Å². The molecule has 3 nitrogen and oxygen atoms in total. The minimum absolute atomic E-state index is 0.337. The molecule has 1 aromatic carbocycles. The van der Waals surface area contributed by atoms with E-state index >= 15 is 0 Å². The predicted molar refractivity (Wildman–Crippen MR) is 61.9 cm³/mol. The molecule has 0 radical (unpaired) electrons. The molecule has 0 bridgehead atoms. The van der Waals surface area contributed by atoms with E-state index in [2.05, 4.69) is 11.1 Å². The molecular weight excluding hydrogens is 236 g/mol. The zero-order valence-electron chi connectivity index (χ0n) is 9.66. The monoisotopic (exact) mass is 247 g/mol. The van der Waals surface area contributed by atoms with Gasteiger partial charge < -0.3 is 4.57 Å². The minimum atomic E-state index is -0.880. The Morgan fingerprint density at radius 3 is 2.72 bits per heavy atom. The van der Waals surface area contributed by atoms with E-state index in [9.17, 15) is 8.78 Å². The lowest BCUT2D eigenvalue weighted by Crippen LogP contribution is -2.02. The predicted octanol–water partition coefficient (Wildman–Crippen LogP) is 3.11. The van der Waals surface area contributed by atoms with Crippen LogP contribution in [-0.2, 0) is 6.54 Å². The van der Waals surface area contributed by atoms with Crippen molar-refractivity contribution in [2.75, 3.05) is 0 Å². The average Bonchev–Trinajstić information content (AvgIpc) is 3.13. The fourth-order valence-corrected chi connectivity index (χ4v) is 2.19. The maximum atomic E-state index is 13.3. The van der Waals surface area contributed by atoms with Crippen molar-refractivity contribution in [3.63, 3.8) is 0 Å². The fourth-order valence-electron chi connectivity index (χ4n) is 2.19. The molecule has 0 unspecified atom stereocenters. The summed E-state index contributed by atoms with van der Waals surface area (Å²) in [4.78, 5) is 4.38. The summed E-state index contributed by atoms with van der Waals surface area (Å²) in [6.07, 6.45) is 2.45. The summed E-state index contributed by atoms with van der Waals surface area (Å²) in [5.74, 6) is -0.523. The molecule has 0 amide bonds. The third-order valence-corrected chi connectivity index (χ3v) is 3.21. The van der Waals surface area contributed by atoms with Gasteiger partial charge in [-0.3, -0.25) is 0 Å². The Balaban J connectivity index is 2.17. The van der Waals surface area contributed by atoms with Crippen molar-refractivity contribution in [1.29, 1.82) is 5.26 Å². The third-order valence-electron chi connectivity index (χ3n) is 3.21. The van der Waals surface area contributed by atoms with Crippen LogP contribution in [0.15, 0.2) is 12.1 Å². The Kier molecular flexibility index (Phi) is 2.51. The second-order valence-electron chi connectivity index (χ2n) is 4.56. The highest BCUT2D eigenvalue weighted by atomic mass is 19.2. The molecule has 0 spiro atoms. The zero-order chi connectivity index (χ0) is 12.7. The Hall–Kier alpha value is -1.96. The molecule has 5 heteroatoms. The summed E-state index contributed by atoms with van der Waals surface area (Å²) >= 11 is 0. The first-order chi connectivity index (χ1) is 8.70. The molecular formula is C13H11F2N3. The first-order valence-corrected chi connectivity index (χ1v) is 5.93. The number of fused-ring (bicyclic) bond motifs is 1. The van der Waals surface area contributed by atoms with Crippen LogP contribution in [0.4, 0.5) is 8.78 Å². The van der Waals surface area contributed by atoms with E-state index in [0.717, 1.165) is 24.7 Å². The normalized spacial score (nSPS) is 14.9. The summed E-state index contributed by atoms with van der Waals surface area (Å²) < 4.78 is 28.3. The van der Waals surface area contributed by atoms with Crippen LogP contribution in [0, 0.1) is 23.0 Å². The van der Waals surface area contributed by atoms with Crippen LogP contribution in [0.2, 0.25) is 0 Å². The van der Waals surface area contributed by atoms with E-state index in [1.54, 1.807) is 0 Å². The quantitative estimate of drug-likeness (QED) is 0.836. The van der Waals surface area contributed by atoms with Gasteiger partial charge in [-0.15, -0.1) is 0 Å². The van der Waals surface area contributed by atoms with Crippen LogP contribution in [0.3, 0.4) is 0 Å². The molecule has 1 heterocycles. The van der Waals surface area contributed by atoms with Crippen LogP contribution in [0.1, 0.15) is 31.0 Å². The summed E-state index contributed by atoms with van der Waals surface area (Å²) in [5.41, 5.74) is 1.04. The Labute approximate surface area is 103 Å². The van der Waals surface area contributed by atoms with Crippen LogP contribution >= 0.6 is 0 Å². The van der Waals surface area contributed by atoms with E-state index in [0.29, 0.717) is 29.9 Å². The molecule has 18 heavy (non-hydrogen) atoms. The first-order valence-electron chi connectivity index (χ1n) is 5.93. The van der Waals surface area contributed by atoms with Crippen molar-refractivity contribution in [3.8, 4) is 6.07 Å². The van der Waals surface area contributed by atoms with Gasteiger partial charge in [-0.1, -0.05) is 0 Å². The lowest BCUT2D eigenvalue weighted by Gasteiger charge is -2.05. The Morgan fingerprint density at radius 2 is 2.06 bits per heavy atom. The number of imidazole rings is 1. The fraction of sp³-hybridized carbons (Fsp3) is 0.385. The van der Waals surface area contributed by atoms with E-state index < -0.39 is 11.6 Å². The number of nitriles is 1. The van der Waals surface area contributed by atoms with Gasteiger partial charge in [0.2, 0.25) is 0 Å². The van der Waals surface area contributed by atoms with Gasteiger partial charge in [0, 0.05) is 24.6 Å². The molecule has 1 saturated carbocycles. The highest BCUT2D eigenvalue weighted by Gasteiger charge is 2.29.